The Hall–Kier alpha value is -3.44. The van der Waals surface area contributed by atoms with Gasteiger partial charge in [0.2, 0.25) is 11.8 Å². The highest BCUT2D eigenvalue weighted by atomic mass is 16.3. The number of hydrogen-bond acceptors (Lipinski definition) is 3. The van der Waals surface area contributed by atoms with E-state index in [0.717, 1.165) is 16.7 Å². The normalized spacial score (nSPS) is 11.5. The molecule has 0 saturated heterocycles. The Labute approximate surface area is 177 Å². The van der Waals surface area contributed by atoms with Crippen molar-refractivity contribution in [2.24, 2.45) is 0 Å². The SMILES string of the molecule is O=C(NCCO)C(c1ccccc1)N(Cc1ccccc1)C(=O)Cc1ccccc1. The summed E-state index contributed by atoms with van der Waals surface area (Å²) in [4.78, 5) is 28.1. The first-order chi connectivity index (χ1) is 14.7. The molecule has 0 radical (unpaired) electrons. The Kier molecular flexibility index (Phi) is 7.75. The average Bonchev–Trinajstić information content (AvgIpc) is 2.79. The van der Waals surface area contributed by atoms with Gasteiger partial charge in [0, 0.05) is 13.1 Å². The van der Waals surface area contributed by atoms with E-state index in [0.29, 0.717) is 6.54 Å². The first kappa shape index (κ1) is 21.3. The van der Waals surface area contributed by atoms with Crippen molar-refractivity contribution in [2.75, 3.05) is 13.2 Å². The predicted molar refractivity (Wildman–Crippen MR) is 116 cm³/mol. The number of hydrogen-bond donors (Lipinski definition) is 2. The van der Waals surface area contributed by atoms with Crippen molar-refractivity contribution in [2.45, 2.75) is 19.0 Å². The van der Waals surface area contributed by atoms with Crippen molar-refractivity contribution in [3.8, 4) is 0 Å². The zero-order valence-electron chi connectivity index (χ0n) is 16.8. The lowest BCUT2D eigenvalue weighted by atomic mass is 10.0. The maximum atomic E-state index is 13.4. The topological polar surface area (TPSA) is 69.6 Å². The lowest BCUT2D eigenvalue weighted by Gasteiger charge is -2.31. The quantitative estimate of drug-likeness (QED) is 0.578. The number of aliphatic hydroxyl groups is 1. The molecule has 2 amide bonds. The van der Waals surface area contributed by atoms with Gasteiger partial charge in [0.1, 0.15) is 6.04 Å². The van der Waals surface area contributed by atoms with Gasteiger partial charge in [0.15, 0.2) is 0 Å². The fraction of sp³-hybridized carbons (Fsp3) is 0.200. The standard InChI is InChI=1S/C25H26N2O3/c28-17-16-26-25(30)24(22-14-8-3-9-15-22)27(19-21-12-6-2-7-13-21)23(29)18-20-10-4-1-5-11-20/h1-15,24,28H,16-19H2,(H,26,30). The largest absolute Gasteiger partial charge is 0.395 e. The van der Waals surface area contributed by atoms with Crippen LogP contribution in [0.1, 0.15) is 22.7 Å². The summed E-state index contributed by atoms with van der Waals surface area (Å²) in [6.07, 6.45) is 0.199. The summed E-state index contributed by atoms with van der Waals surface area (Å²) in [6, 6.07) is 27.6. The van der Waals surface area contributed by atoms with E-state index >= 15 is 0 Å². The van der Waals surface area contributed by atoms with Crippen molar-refractivity contribution in [3.63, 3.8) is 0 Å². The Morgan fingerprint density at radius 2 is 1.33 bits per heavy atom. The van der Waals surface area contributed by atoms with Crippen LogP contribution in [-0.2, 0) is 22.6 Å². The first-order valence-electron chi connectivity index (χ1n) is 10.00. The summed E-state index contributed by atoms with van der Waals surface area (Å²) >= 11 is 0. The highest BCUT2D eigenvalue weighted by Crippen LogP contribution is 2.25. The molecule has 0 aliphatic rings. The van der Waals surface area contributed by atoms with Crippen LogP contribution in [0.5, 0.6) is 0 Å². The molecule has 5 nitrogen and oxygen atoms in total. The number of carbonyl (C=O) groups excluding carboxylic acids is 2. The van der Waals surface area contributed by atoms with E-state index in [1.165, 1.54) is 0 Å². The minimum atomic E-state index is -0.797. The Bertz CT molecular complexity index is 930. The van der Waals surface area contributed by atoms with Gasteiger partial charge in [-0.15, -0.1) is 0 Å². The van der Waals surface area contributed by atoms with Gasteiger partial charge in [0.25, 0.3) is 0 Å². The molecule has 1 atom stereocenters. The summed E-state index contributed by atoms with van der Waals surface area (Å²) in [6.45, 7) is 0.275. The number of benzene rings is 3. The lowest BCUT2D eigenvalue weighted by Crippen LogP contribution is -2.44. The van der Waals surface area contributed by atoms with Gasteiger partial charge in [-0.1, -0.05) is 91.0 Å². The van der Waals surface area contributed by atoms with Crippen molar-refractivity contribution >= 4 is 11.8 Å². The molecular weight excluding hydrogens is 376 g/mol. The molecule has 154 valence electrons. The van der Waals surface area contributed by atoms with Gasteiger partial charge in [-0.05, 0) is 16.7 Å². The van der Waals surface area contributed by atoms with Gasteiger partial charge < -0.3 is 15.3 Å². The minimum absolute atomic E-state index is 0.133. The second-order valence-electron chi connectivity index (χ2n) is 7.00. The third kappa shape index (κ3) is 5.78. The molecule has 5 heteroatoms. The Balaban J connectivity index is 1.97. The van der Waals surface area contributed by atoms with Crippen molar-refractivity contribution in [3.05, 3.63) is 108 Å². The van der Waals surface area contributed by atoms with Gasteiger partial charge >= 0.3 is 0 Å². The smallest absolute Gasteiger partial charge is 0.247 e. The number of nitrogens with zero attached hydrogens (tertiary/aromatic N) is 1. The van der Waals surface area contributed by atoms with Gasteiger partial charge in [0.05, 0.1) is 13.0 Å². The summed E-state index contributed by atoms with van der Waals surface area (Å²) in [7, 11) is 0. The van der Waals surface area contributed by atoms with E-state index in [1.807, 2.05) is 91.0 Å². The number of nitrogens with one attached hydrogen (secondary N) is 1. The van der Waals surface area contributed by atoms with Crippen LogP contribution in [0.2, 0.25) is 0 Å². The minimum Gasteiger partial charge on any atom is -0.395 e. The molecular formula is C25H26N2O3. The van der Waals surface area contributed by atoms with Gasteiger partial charge in [-0.25, -0.2) is 0 Å². The molecule has 0 spiro atoms. The summed E-state index contributed by atoms with van der Waals surface area (Å²) in [5, 5.41) is 11.9. The van der Waals surface area contributed by atoms with E-state index in [-0.39, 0.29) is 31.4 Å². The molecule has 2 N–H and O–H groups in total. The molecule has 0 aliphatic carbocycles. The monoisotopic (exact) mass is 402 g/mol. The predicted octanol–water partition coefficient (Wildman–Crippen LogP) is 3.11. The second kappa shape index (κ2) is 10.9. The van der Waals surface area contributed by atoms with Crippen LogP contribution in [0, 0.1) is 0 Å². The molecule has 1 unspecified atom stereocenters. The van der Waals surface area contributed by atoms with Crippen LogP contribution in [0.3, 0.4) is 0 Å². The van der Waals surface area contributed by atoms with Crippen molar-refractivity contribution in [1.29, 1.82) is 0 Å². The van der Waals surface area contributed by atoms with Crippen LogP contribution in [0.25, 0.3) is 0 Å². The average molecular weight is 402 g/mol. The maximum absolute atomic E-state index is 13.4. The van der Waals surface area contributed by atoms with E-state index in [4.69, 9.17) is 5.11 Å². The highest BCUT2D eigenvalue weighted by molar-refractivity contribution is 5.89. The fourth-order valence-electron chi connectivity index (χ4n) is 3.36. The molecule has 0 aromatic heterocycles. The maximum Gasteiger partial charge on any atom is 0.247 e. The fourth-order valence-corrected chi connectivity index (χ4v) is 3.36. The number of amides is 2. The molecule has 30 heavy (non-hydrogen) atoms. The molecule has 0 fully saturated rings. The summed E-state index contributed by atoms with van der Waals surface area (Å²) < 4.78 is 0. The Morgan fingerprint density at radius 1 is 0.800 bits per heavy atom. The zero-order chi connectivity index (χ0) is 21.2. The molecule has 3 aromatic carbocycles. The number of rotatable bonds is 9. The summed E-state index contributed by atoms with van der Waals surface area (Å²) in [5.74, 6) is -0.453. The third-order valence-corrected chi connectivity index (χ3v) is 4.80. The van der Waals surface area contributed by atoms with E-state index in [1.54, 1.807) is 4.90 Å². The van der Waals surface area contributed by atoms with Crippen LogP contribution in [-0.4, -0.2) is 35.0 Å². The van der Waals surface area contributed by atoms with Gasteiger partial charge in [-0.2, -0.15) is 0 Å². The van der Waals surface area contributed by atoms with E-state index in [9.17, 15) is 9.59 Å². The van der Waals surface area contributed by atoms with Crippen LogP contribution in [0.4, 0.5) is 0 Å². The molecule has 0 saturated carbocycles. The molecule has 0 aliphatic heterocycles. The lowest BCUT2D eigenvalue weighted by molar-refractivity contribution is -0.141. The third-order valence-electron chi connectivity index (χ3n) is 4.80. The molecule has 3 rings (SSSR count). The van der Waals surface area contributed by atoms with E-state index < -0.39 is 6.04 Å². The molecule has 3 aromatic rings. The Morgan fingerprint density at radius 3 is 1.90 bits per heavy atom. The van der Waals surface area contributed by atoms with Crippen LogP contribution >= 0.6 is 0 Å². The molecule has 0 bridgehead atoms. The molecule has 0 heterocycles. The highest BCUT2D eigenvalue weighted by Gasteiger charge is 2.31. The number of aliphatic hydroxyl groups excluding tert-OH is 1. The van der Waals surface area contributed by atoms with Crippen molar-refractivity contribution < 1.29 is 14.7 Å². The van der Waals surface area contributed by atoms with Crippen molar-refractivity contribution in [1.82, 2.24) is 10.2 Å². The van der Waals surface area contributed by atoms with Crippen LogP contribution in [0.15, 0.2) is 91.0 Å². The van der Waals surface area contributed by atoms with E-state index in [2.05, 4.69) is 5.32 Å². The first-order valence-corrected chi connectivity index (χ1v) is 10.00. The van der Waals surface area contributed by atoms with Crippen LogP contribution < -0.4 is 5.32 Å². The second-order valence-corrected chi connectivity index (χ2v) is 7.00. The number of carbonyl (C=O) groups is 2. The summed E-state index contributed by atoms with van der Waals surface area (Å²) in [5.41, 5.74) is 2.56. The zero-order valence-corrected chi connectivity index (χ0v) is 16.8. The van der Waals surface area contributed by atoms with Gasteiger partial charge in [-0.3, -0.25) is 9.59 Å².